The fourth-order valence-electron chi connectivity index (χ4n) is 9.48. The maximum absolute atomic E-state index is 12.3. The summed E-state index contributed by atoms with van der Waals surface area (Å²) in [4.78, 5) is 24.5. The number of aliphatic hydroxyl groups excluding tert-OH is 1. The zero-order valence-corrected chi connectivity index (χ0v) is 48.2. The van der Waals surface area contributed by atoms with E-state index in [4.69, 9.17) is 9.47 Å². The van der Waals surface area contributed by atoms with Crippen LogP contribution in [0.1, 0.15) is 335 Å². The van der Waals surface area contributed by atoms with Gasteiger partial charge >= 0.3 is 11.9 Å². The van der Waals surface area contributed by atoms with Gasteiger partial charge in [0.25, 0.3) is 0 Å². The molecule has 0 aromatic carbocycles. The molecule has 0 aliphatic heterocycles. The first-order valence-electron chi connectivity index (χ1n) is 31.8. The Kier molecular flexibility index (Phi) is 60.8. The van der Waals surface area contributed by atoms with E-state index < -0.39 is 6.10 Å². The molecule has 0 aliphatic rings. The van der Waals surface area contributed by atoms with E-state index in [2.05, 4.69) is 74.6 Å². The highest BCUT2D eigenvalue weighted by molar-refractivity contribution is 5.70. The van der Waals surface area contributed by atoms with Crippen molar-refractivity contribution in [1.82, 2.24) is 0 Å². The van der Waals surface area contributed by atoms with Crippen LogP contribution < -0.4 is 0 Å². The predicted octanol–water partition coefficient (Wildman–Crippen LogP) is 21.8. The van der Waals surface area contributed by atoms with Crippen LogP contribution in [0.15, 0.2) is 60.8 Å². The van der Waals surface area contributed by atoms with Gasteiger partial charge in [-0.05, 0) is 83.5 Å². The number of carbonyl (C=O) groups is 2. The smallest absolute Gasteiger partial charge is 0.306 e. The molecule has 0 rings (SSSR count). The Morgan fingerprint density at radius 3 is 0.861 bits per heavy atom. The Morgan fingerprint density at radius 1 is 0.319 bits per heavy atom. The highest BCUT2D eigenvalue weighted by Gasteiger charge is 2.16. The van der Waals surface area contributed by atoms with Crippen molar-refractivity contribution in [3.05, 3.63) is 60.8 Å². The van der Waals surface area contributed by atoms with Crippen LogP contribution in [0, 0.1) is 0 Å². The van der Waals surface area contributed by atoms with Gasteiger partial charge < -0.3 is 14.6 Å². The first kappa shape index (κ1) is 69.6. The van der Waals surface area contributed by atoms with E-state index in [-0.39, 0.29) is 25.2 Å². The van der Waals surface area contributed by atoms with Crippen LogP contribution in [0.25, 0.3) is 0 Å². The van der Waals surface area contributed by atoms with E-state index in [1.807, 2.05) is 0 Å². The monoisotopic (exact) mass is 1010 g/mol. The van der Waals surface area contributed by atoms with Crippen LogP contribution in [-0.4, -0.2) is 36.4 Å². The number of allylic oxidation sites excluding steroid dienone is 10. The molecule has 0 bridgehead atoms. The Balaban J connectivity index is 3.39. The largest absolute Gasteiger partial charge is 0.462 e. The quantitative estimate of drug-likeness (QED) is 0.0373. The van der Waals surface area contributed by atoms with Gasteiger partial charge in [0.1, 0.15) is 6.61 Å². The van der Waals surface area contributed by atoms with Crippen LogP contribution in [0.3, 0.4) is 0 Å². The Morgan fingerprint density at radius 2 is 0.556 bits per heavy atom. The summed E-state index contributed by atoms with van der Waals surface area (Å²) in [5, 5.41) is 9.66. The number of carbonyl (C=O) groups excluding carboxylic acids is 2. The molecular formula is C67H122O5. The number of esters is 2. The molecule has 5 heteroatoms. The van der Waals surface area contributed by atoms with Gasteiger partial charge in [0, 0.05) is 12.8 Å². The molecule has 0 aromatic heterocycles. The van der Waals surface area contributed by atoms with Gasteiger partial charge in [-0.15, -0.1) is 0 Å². The number of aliphatic hydroxyl groups is 1. The van der Waals surface area contributed by atoms with Crippen molar-refractivity contribution in [3.8, 4) is 0 Å². The summed E-state index contributed by atoms with van der Waals surface area (Å²) < 4.78 is 10.7. The maximum atomic E-state index is 12.3. The van der Waals surface area contributed by atoms with Crippen molar-refractivity contribution < 1.29 is 24.2 Å². The average Bonchev–Trinajstić information content (AvgIpc) is 3.38. The van der Waals surface area contributed by atoms with E-state index in [9.17, 15) is 14.7 Å². The molecule has 5 nitrogen and oxygen atoms in total. The van der Waals surface area contributed by atoms with Gasteiger partial charge in [-0.3, -0.25) is 9.59 Å². The van der Waals surface area contributed by atoms with E-state index in [1.54, 1.807) is 0 Å². The fourth-order valence-corrected chi connectivity index (χ4v) is 9.48. The van der Waals surface area contributed by atoms with Crippen LogP contribution in [0.5, 0.6) is 0 Å². The van der Waals surface area contributed by atoms with E-state index in [1.165, 1.54) is 244 Å². The summed E-state index contributed by atoms with van der Waals surface area (Å²) in [5.74, 6) is -0.592. The maximum Gasteiger partial charge on any atom is 0.306 e. The normalized spacial score (nSPS) is 12.5. The SMILES string of the molecule is CCCCC/C=C\C/C=C\C/C=C\CCCCCCCCC(=O)OC(CO)COC(=O)CCCCCCCCCCCCCCCCCCCCCCCCCCCCC/C=C\C/C=C\CCCCCCC. The lowest BCUT2D eigenvalue weighted by Gasteiger charge is -2.15. The van der Waals surface area contributed by atoms with E-state index >= 15 is 0 Å². The molecule has 0 radical (unpaired) electrons. The number of hydrogen-bond donors (Lipinski definition) is 1. The number of ether oxygens (including phenoxy) is 2. The summed E-state index contributed by atoms with van der Waals surface area (Å²) in [5.41, 5.74) is 0. The lowest BCUT2D eigenvalue weighted by molar-refractivity contribution is -0.161. The molecular weight excluding hydrogens is 885 g/mol. The first-order valence-corrected chi connectivity index (χ1v) is 31.8. The second-order valence-corrected chi connectivity index (χ2v) is 21.5. The second-order valence-electron chi connectivity index (χ2n) is 21.5. The van der Waals surface area contributed by atoms with Crippen molar-refractivity contribution in [3.63, 3.8) is 0 Å². The van der Waals surface area contributed by atoms with Gasteiger partial charge in [-0.2, -0.15) is 0 Å². The molecule has 1 unspecified atom stereocenters. The number of unbranched alkanes of at least 4 members (excludes halogenated alkanes) is 41. The Hall–Kier alpha value is -2.40. The molecule has 0 amide bonds. The van der Waals surface area contributed by atoms with Gasteiger partial charge in [-0.1, -0.05) is 299 Å². The van der Waals surface area contributed by atoms with Crippen LogP contribution in [-0.2, 0) is 19.1 Å². The van der Waals surface area contributed by atoms with Gasteiger partial charge in [0.2, 0.25) is 0 Å². The molecule has 1 atom stereocenters. The summed E-state index contributed by atoms with van der Waals surface area (Å²) in [6.45, 7) is 4.13. The lowest BCUT2D eigenvalue weighted by atomic mass is 10.0. The minimum Gasteiger partial charge on any atom is -0.462 e. The van der Waals surface area contributed by atoms with Crippen LogP contribution >= 0.6 is 0 Å². The molecule has 0 spiro atoms. The third-order valence-electron chi connectivity index (χ3n) is 14.3. The van der Waals surface area contributed by atoms with Crippen molar-refractivity contribution in [2.75, 3.05) is 13.2 Å². The summed E-state index contributed by atoms with van der Waals surface area (Å²) in [7, 11) is 0. The zero-order valence-electron chi connectivity index (χ0n) is 48.2. The molecule has 0 aliphatic carbocycles. The topological polar surface area (TPSA) is 72.8 Å². The molecule has 0 heterocycles. The first-order chi connectivity index (χ1) is 35.6. The average molecular weight is 1010 g/mol. The predicted molar refractivity (Wildman–Crippen MR) is 316 cm³/mol. The molecule has 1 N–H and O–H groups in total. The molecule has 72 heavy (non-hydrogen) atoms. The highest BCUT2D eigenvalue weighted by Crippen LogP contribution is 2.18. The highest BCUT2D eigenvalue weighted by atomic mass is 16.6. The lowest BCUT2D eigenvalue weighted by Crippen LogP contribution is -2.28. The Bertz CT molecular complexity index is 1230. The van der Waals surface area contributed by atoms with Gasteiger partial charge in [0.15, 0.2) is 6.10 Å². The summed E-state index contributed by atoms with van der Waals surface area (Å²) in [6.07, 6.45) is 85.2. The van der Waals surface area contributed by atoms with Crippen LogP contribution in [0.2, 0.25) is 0 Å². The number of hydrogen-bond acceptors (Lipinski definition) is 5. The zero-order chi connectivity index (χ0) is 52.0. The molecule has 0 saturated carbocycles. The summed E-state index contributed by atoms with van der Waals surface area (Å²) in [6, 6.07) is 0. The van der Waals surface area contributed by atoms with E-state index in [0.717, 1.165) is 64.2 Å². The van der Waals surface area contributed by atoms with E-state index in [0.29, 0.717) is 12.8 Å². The second kappa shape index (κ2) is 62.9. The van der Waals surface area contributed by atoms with Gasteiger partial charge in [0.05, 0.1) is 6.61 Å². The minimum atomic E-state index is -0.780. The van der Waals surface area contributed by atoms with Crippen LogP contribution in [0.4, 0.5) is 0 Å². The Labute approximate surface area is 449 Å². The minimum absolute atomic E-state index is 0.0690. The third-order valence-corrected chi connectivity index (χ3v) is 14.3. The third kappa shape index (κ3) is 60.2. The van der Waals surface area contributed by atoms with Crippen molar-refractivity contribution in [2.45, 2.75) is 341 Å². The van der Waals surface area contributed by atoms with Crippen molar-refractivity contribution in [2.24, 2.45) is 0 Å². The molecule has 0 aromatic rings. The molecule has 0 fully saturated rings. The molecule has 0 saturated heterocycles. The summed E-state index contributed by atoms with van der Waals surface area (Å²) >= 11 is 0. The fraction of sp³-hybridized carbons (Fsp3) is 0.821. The van der Waals surface area contributed by atoms with Gasteiger partial charge in [-0.25, -0.2) is 0 Å². The standard InChI is InChI=1S/C67H122O5/c1-3-5-7-9-11-13-15-17-19-21-23-24-25-26-27-28-29-30-31-32-33-34-35-36-37-38-39-40-41-42-44-45-47-49-51-53-55-57-59-61-66(69)71-64-65(63-68)72-67(70)62-60-58-56-54-52-50-48-46-43-22-20-18-16-14-12-10-8-6-4-2/h12,14-15,17-18,20-21,23,43,46,65,68H,3-11,13,16,19,22,24-42,44-45,47-64H2,1-2H3/b14-12-,17-15-,20-18-,23-21-,46-43-. The van der Waals surface area contributed by atoms with Crippen molar-refractivity contribution in [1.29, 1.82) is 0 Å². The molecule has 420 valence electrons. The number of rotatable bonds is 59. The van der Waals surface area contributed by atoms with Crippen molar-refractivity contribution >= 4 is 11.9 Å².